The van der Waals surface area contributed by atoms with Crippen LogP contribution in [0, 0.1) is 20.8 Å². The molecule has 6 aromatic carbocycles. The van der Waals surface area contributed by atoms with Gasteiger partial charge in [-0.2, -0.15) is 0 Å². The van der Waals surface area contributed by atoms with E-state index in [9.17, 15) is 15.3 Å². The van der Waals surface area contributed by atoms with Gasteiger partial charge in [-0.25, -0.2) is 0 Å². The van der Waals surface area contributed by atoms with Crippen molar-refractivity contribution in [3.8, 4) is 34.5 Å². The average Bonchev–Trinajstić information content (AvgIpc) is 3.19. The zero-order valence-electron chi connectivity index (χ0n) is 31.5. The van der Waals surface area contributed by atoms with E-state index in [1.54, 1.807) is 73.2 Å². The second kappa shape index (κ2) is 22.0. The molecular weight excluding hydrogens is 737 g/mol. The number of hydrogen-bond acceptors (Lipinski definition) is 9. The molecule has 282 valence electrons. The Morgan fingerprint density at radius 2 is 0.618 bits per heavy atom. The first-order valence-corrected chi connectivity index (χ1v) is 17.0. The van der Waals surface area contributed by atoms with Gasteiger partial charge >= 0.3 is 16.8 Å². The standard InChI is InChI=1S/3C15H15NO2.Co/c3*1-11-6-8-13(9-7-11)16-10-12-4-3-5-14(18-2)15(12)17;/h3*3-10,17H,1-2H3;/q;;;+3/p-3. The summed E-state index contributed by atoms with van der Waals surface area (Å²) < 4.78 is 14.9. The van der Waals surface area contributed by atoms with Gasteiger partial charge in [0.05, 0.1) is 38.4 Å². The Hall–Kier alpha value is -6.36. The van der Waals surface area contributed by atoms with E-state index >= 15 is 0 Å². The van der Waals surface area contributed by atoms with Gasteiger partial charge in [0.2, 0.25) is 0 Å². The second-order valence-corrected chi connectivity index (χ2v) is 11.9. The van der Waals surface area contributed by atoms with Crippen molar-refractivity contribution in [1.82, 2.24) is 0 Å². The van der Waals surface area contributed by atoms with E-state index in [-0.39, 0.29) is 34.0 Å². The van der Waals surface area contributed by atoms with E-state index in [0.29, 0.717) is 33.9 Å². The van der Waals surface area contributed by atoms with Gasteiger partial charge in [-0.1, -0.05) is 107 Å². The first-order chi connectivity index (χ1) is 26.1. The van der Waals surface area contributed by atoms with Crippen molar-refractivity contribution < 1.29 is 46.3 Å². The summed E-state index contributed by atoms with van der Waals surface area (Å²) in [5.41, 5.74) is 7.58. The molecule has 0 spiro atoms. The third-order valence-corrected chi connectivity index (χ3v) is 7.85. The van der Waals surface area contributed by atoms with Crippen LogP contribution in [0.4, 0.5) is 17.1 Å². The average molecular weight is 780 g/mol. The molecule has 0 aliphatic heterocycles. The van der Waals surface area contributed by atoms with Crippen molar-refractivity contribution in [3.63, 3.8) is 0 Å². The van der Waals surface area contributed by atoms with E-state index < -0.39 is 0 Å². The molecule has 0 fully saturated rings. The van der Waals surface area contributed by atoms with Crippen molar-refractivity contribution in [3.05, 3.63) is 161 Å². The molecule has 0 aliphatic rings. The fraction of sp³-hybridized carbons (Fsp3) is 0.133. The van der Waals surface area contributed by atoms with Crippen LogP contribution in [0.2, 0.25) is 0 Å². The molecule has 0 N–H and O–H groups in total. The topological polar surface area (TPSA) is 134 Å². The van der Waals surface area contributed by atoms with E-state index in [4.69, 9.17) is 14.2 Å². The van der Waals surface area contributed by atoms with Gasteiger partial charge in [-0.05, 0) is 92.1 Å². The molecule has 0 amide bonds. The second-order valence-electron chi connectivity index (χ2n) is 11.9. The molecule has 0 atom stereocenters. The largest absolute Gasteiger partial charge is 3.00 e. The summed E-state index contributed by atoms with van der Waals surface area (Å²) >= 11 is 0. The molecule has 6 aromatic rings. The minimum Gasteiger partial charge on any atom is -0.870 e. The van der Waals surface area contributed by atoms with Gasteiger partial charge in [-0.3, -0.25) is 15.0 Å². The van der Waals surface area contributed by atoms with Crippen LogP contribution in [0.25, 0.3) is 0 Å². The van der Waals surface area contributed by atoms with Gasteiger partial charge in [0.1, 0.15) is 17.2 Å². The van der Waals surface area contributed by atoms with E-state index in [0.717, 1.165) is 17.1 Å². The number of hydrogen-bond donors (Lipinski definition) is 0. The summed E-state index contributed by atoms with van der Waals surface area (Å²) in [4.78, 5) is 12.8. The number of ether oxygens (including phenoxy) is 3. The number of methoxy groups -OCH3 is 3. The van der Waals surface area contributed by atoms with Crippen LogP contribution in [-0.4, -0.2) is 40.0 Å². The first-order valence-electron chi connectivity index (χ1n) is 17.0. The monoisotopic (exact) mass is 779 g/mol. The number of nitrogens with zero attached hydrogens (tertiary/aromatic N) is 3. The Morgan fingerprint density at radius 3 is 0.836 bits per heavy atom. The third kappa shape index (κ3) is 13.2. The maximum atomic E-state index is 11.9. The van der Waals surface area contributed by atoms with Crippen LogP contribution < -0.4 is 29.5 Å². The number of para-hydroxylation sites is 3. The molecular formula is C45H42CoN3O6. The molecule has 0 saturated carbocycles. The Labute approximate surface area is 333 Å². The molecule has 0 radical (unpaired) electrons. The minimum absolute atomic E-state index is 0. The van der Waals surface area contributed by atoms with Crippen LogP contribution in [0.15, 0.2) is 142 Å². The summed E-state index contributed by atoms with van der Waals surface area (Å²) in [6, 6.07) is 38.8. The zero-order chi connectivity index (χ0) is 38.9. The molecule has 0 heterocycles. The quantitative estimate of drug-likeness (QED) is 0.135. The molecule has 0 bridgehead atoms. The van der Waals surface area contributed by atoms with Crippen LogP contribution in [0.5, 0.6) is 34.5 Å². The summed E-state index contributed by atoms with van der Waals surface area (Å²) in [5.74, 6) is 0.580. The Bertz CT molecular complexity index is 1930. The first kappa shape index (κ1) is 43.0. The molecule has 9 nitrogen and oxygen atoms in total. The summed E-state index contributed by atoms with van der Waals surface area (Å²) in [6.07, 6.45) is 4.70. The van der Waals surface area contributed by atoms with Crippen molar-refractivity contribution >= 4 is 35.7 Å². The Balaban J connectivity index is 0.000000220. The van der Waals surface area contributed by atoms with Crippen molar-refractivity contribution in [1.29, 1.82) is 0 Å². The number of aryl methyl sites for hydroxylation is 3. The fourth-order valence-corrected chi connectivity index (χ4v) is 4.71. The van der Waals surface area contributed by atoms with E-state index in [2.05, 4.69) is 15.0 Å². The Kier molecular flexibility index (Phi) is 17.2. The Morgan fingerprint density at radius 1 is 0.382 bits per heavy atom. The van der Waals surface area contributed by atoms with Gasteiger partial charge in [0.15, 0.2) is 0 Å². The maximum Gasteiger partial charge on any atom is 3.00 e. The predicted octanol–water partition coefficient (Wildman–Crippen LogP) is 8.48. The molecule has 55 heavy (non-hydrogen) atoms. The maximum absolute atomic E-state index is 11.9. The molecule has 10 heteroatoms. The van der Waals surface area contributed by atoms with Gasteiger partial charge in [0, 0.05) is 18.6 Å². The molecule has 0 aliphatic carbocycles. The summed E-state index contributed by atoms with van der Waals surface area (Å²) in [7, 11) is 4.45. The van der Waals surface area contributed by atoms with Crippen LogP contribution >= 0.6 is 0 Å². The van der Waals surface area contributed by atoms with E-state index in [1.807, 2.05) is 93.6 Å². The van der Waals surface area contributed by atoms with Crippen LogP contribution in [-0.2, 0) is 16.8 Å². The zero-order valence-corrected chi connectivity index (χ0v) is 32.5. The molecule has 6 rings (SSSR count). The normalized spacial score (nSPS) is 10.6. The van der Waals surface area contributed by atoms with Crippen LogP contribution in [0.1, 0.15) is 33.4 Å². The van der Waals surface area contributed by atoms with Gasteiger partial charge < -0.3 is 29.5 Å². The molecule has 0 saturated heterocycles. The van der Waals surface area contributed by atoms with Gasteiger partial charge in [-0.15, -0.1) is 0 Å². The van der Waals surface area contributed by atoms with Gasteiger partial charge in [0.25, 0.3) is 0 Å². The summed E-state index contributed by atoms with van der Waals surface area (Å²) in [6.45, 7) is 6.06. The predicted molar refractivity (Wildman–Crippen MR) is 213 cm³/mol. The van der Waals surface area contributed by atoms with Crippen molar-refractivity contribution in [2.75, 3.05) is 21.3 Å². The smallest absolute Gasteiger partial charge is 0.870 e. The SMILES string of the molecule is COc1cccc(C=Nc2ccc(C)cc2)c1[O-].COc1cccc(C=Nc2ccc(C)cc2)c1[O-].COc1cccc(C=Nc2ccc(C)cc2)c1[O-].[Co+3]. The van der Waals surface area contributed by atoms with E-state index in [1.165, 1.54) is 38.0 Å². The number of aliphatic imine (C=N–C) groups is 3. The minimum atomic E-state index is -0.143. The van der Waals surface area contributed by atoms with Crippen molar-refractivity contribution in [2.45, 2.75) is 20.8 Å². The van der Waals surface area contributed by atoms with Crippen LogP contribution in [0.3, 0.4) is 0 Å². The molecule has 0 aromatic heterocycles. The third-order valence-electron chi connectivity index (χ3n) is 7.85. The number of rotatable bonds is 9. The number of benzene rings is 6. The molecule has 0 unspecified atom stereocenters. The van der Waals surface area contributed by atoms with Crippen molar-refractivity contribution in [2.24, 2.45) is 15.0 Å². The summed E-state index contributed by atoms with van der Waals surface area (Å²) in [5, 5.41) is 35.6. The fourth-order valence-electron chi connectivity index (χ4n) is 4.71.